The van der Waals surface area contributed by atoms with E-state index in [0.29, 0.717) is 13.2 Å². The molecule has 6 nitrogen and oxygen atoms in total. The SMILES string of the molecule is O=C(Nc1cccc(OCCn2cncn2)c1)C1(c2ccccc2)CCC1. The number of carbonyl (C=O) groups excluding carboxylic acids is 1. The summed E-state index contributed by atoms with van der Waals surface area (Å²) >= 11 is 0. The third kappa shape index (κ3) is 3.69. The number of aromatic nitrogens is 3. The van der Waals surface area contributed by atoms with Gasteiger partial charge in [-0.25, -0.2) is 9.67 Å². The monoisotopic (exact) mass is 362 g/mol. The average Bonchev–Trinajstić information content (AvgIpc) is 3.16. The van der Waals surface area contributed by atoms with Crippen molar-refractivity contribution in [1.29, 1.82) is 0 Å². The van der Waals surface area contributed by atoms with Crippen LogP contribution in [0.25, 0.3) is 0 Å². The van der Waals surface area contributed by atoms with Crippen LogP contribution >= 0.6 is 0 Å². The number of hydrogen-bond donors (Lipinski definition) is 1. The Bertz CT molecular complexity index is 890. The molecule has 1 fully saturated rings. The molecule has 1 aromatic heterocycles. The molecule has 1 heterocycles. The molecule has 4 rings (SSSR count). The fourth-order valence-corrected chi connectivity index (χ4v) is 3.45. The highest BCUT2D eigenvalue weighted by Gasteiger charge is 2.45. The van der Waals surface area contributed by atoms with Gasteiger partial charge in [-0.3, -0.25) is 4.79 Å². The Morgan fingerprint density at radius 3 is 2.70 bits per heavy atom. The van der Waals surface area contributed by atoms with Crippen LogP contribution in [-0.2, 0) is 16.8 Å². The Kier molecular flexibility index (Phi) is 4.87. The quantitative estimate of drug-likeness (QED) is 0.699. The summed E-state index contributed by atoms with van der Waals surface area (Å²) in [5.74, 6) is 0.773. The number of nitrogens with one attached hydrogen (secondary N) is 1. The second-order valence-corrected chi connectivity index (χ2v) is 6.79. The average molecular weight is 362 g/mol. The Morgan fingerprint density at radius 2 is 2.00 bits per heavy atom. The molecule has 1 amide bonds. The van der Waals surface area contributed by atoms with Crippen LogP contribution in [0.4, 0.5) is 5.69 Å². The van der Waals surface area contributed by atoms with E-state index in [4.69, 9.17) is 4.74 Å². The first-order valence-electron chi connectivity index (χ1n) is 9.19. The van der Waals surface area contributed by atoms with Crippen molar-refractivity contribution >= 4 is 11.6 Å². The van der Waals surface area contributed by atoms with E-state index in [1.807, 2.05) is 54.6 Å². The minimum absolute atomic E-state index is 0.0553. The number of carbonyl (C=O) groups is 1. The van der Waals surface area contributed by atoms with E-state index in [1.54, 1.807) is 11.0 Å². The molecule has 0 spiro atoms. The van der Waals surface area contributed by atoms with Crippen molar-refractivity contribution in [1.82, 2.24) is 14.8 Å². The van der Waals surface area contributed by atoms with Gasteiger partial charge in [0.25, 0.3) is 0 Å². The van der Waals surface area contributed by atoms with Gasteiger partial charge in [-0.2, -0.15) is 5.10 Å². The molecule has 138 valence electrons. The number of ether oxygens (including phenoxy) is 1. The van der Waals surface area contributed by atoms with Crippen molar-refractivity contribution in [2.45, 2.75) is 31.2 Å². The molecule has 0 unspecified atom stereocenters. The number of benzene rings is 2. The maximum Gasteiger partial charge on any atom is 0.235 e. The van der Waals surface area contributed by atoms with Gasteiger partial charge >= 0.3 is 0 Å². The lowest BCUT2D eigenvalue weighted by atomic mass is 9.64. The number of nitrogens with zero attached hydrogens (tertiary/aromatic N) is 3. The van der Waals surface area contributed by atoms with Crippen molar-refractivity contribution in [3.05, 3.63) is 72.8 Å². The molecule has 0 saturated heterocycles. The first kappa shape index (κ1) is 17.3. The van der Waals surface area contributed by atoms with Crippen molar-refractivity contribution in [3.8, 4) is 5.75 Å². The summed E-state index contributed by atoms with van der Waals surface area (Å²) < 4.78 is 7.49. The van der Waals surface area contributed by atoms with Crippen LogP contribution in [0, 0.1) is 0 Å². The van der Waals surface area contributed by atoms with Gasteiger partial charge in [0.2, 0.25) is 5.91 Å². The summed E-state index contributed by atoms with van der Waals surface area (Å²) in [5, 5.41) is 7.13. The zero-order valence-corrected chi connectivity index (χ0v) is 15.0. The number of amides is 1. The molecule has 1 aliphatic carbocycles. The Labute approximate surface area is 158 Å². The molecule has 0 bridgehead atoms. The van der Waals surface area contributed by atoms with Gasteiger partial charge in [0.15, 0.2) is 0 Å². The van der Waals surface area contributed by atoms with Crippen LogP contribution < -0.4 is 10.1 Å². The summed E-state index contributed by atoms with van der Waals surface area (Å²) in [5.41, 5.74) is 1.43. The van der Waals surface area contributed by atoms with Gasteiger partial charge < -0.3 is 10.1 Å². The van der Waals surface area contributed by atoms with E-state index in [0.717, 1.165) is 36.3 Å². The highest BCUT2D eigenvalue weighted by atomic mass is 16.5. The van der Waals surface area contributed by atoms with Gasteiger partial charge in [0.05, 0.1) is 12.0 Å². The molecule has 1 N–H and O–H groups in total. The third-order valence-corrected chi connectivity index (χ3v) is 5.12. The van der Waals surface area contributed by atoms with Crippen molar-refractivity contribution in [2.75, 3.05) is 11.9 Å². The first-order valence-corrected chi connectivity index (χ1v) is 9.19. The van der Waals surface area contributed by atoms with E-state index in [-0.39, 0.29) is 5.91 Å². The van der Waals surface area contributed by atoms with Crippen LogP contribution in [0.2, 0.25) is 0 Å². The summed E-state index contributed by atoms with van der Waals surface area (Å²) in [6.07, 6.45) is 6.00. The van der Waals surface area contributed by atoms with Crippen LogP contribution in [0.1, 0.15) is 24.8 Å². The number of rotatable bonds is 7. The van der Waals surface area contributed by atoms with Gasteiger partial charge in [-0.15, -0.1) is 0 Å². The largest absolute Gasteiger partial charge is 0.492 e. The van der Waals surface area contributed by atoms with Gasteiger partial charge in [0.1, 0.15) is 25.0 Å². The second kappa shape index (κ2) is 7.61. The lowest BCUT2D eigenvalue weighted by molar-refractivity contribution is -0.124. The minimum Gasteiger partial charge on any atom is -0.492 e. The zero-order chi connectivity index (χ0) is 18.5. The van der Waals surface area contributed by atoms with E-state index in [9.17, 15) is 4.79 Å². The van der Waals surface area contributed by atoms with Crippen LogP contribution in [0.15, 0.2) is 67.3 Å². The molecule has 0 radical (unpaired) electrons. The highest BCUT2D eigenvalue weighted by molar-refractivity contribution is 6.00. The molecular formula is C21H22N4O2. The summed E-state index contributed by atoms with van der Waals surface area (Å²) in [4.78, 5) is 16.9. The molecule has 0 aliphatic heterocycles. The lowest BCUT2D eigenvalue weighted by Gasteiger charge is -2.40. The molecule has 3 aromatic rings. The topological polar surface area (TPSA) is 69.0 Å². The Morgan fingerprint density at radius 1 is 1.15 bits per heavy atom. The smallest absolute Gasteiger partial charge is 0.235 e. The summed E-state index contributed by atoms with van der Waals surface area (Å²) in [6.45, 7) is 1.10. The normalized spacial score (nSPS) is 15.0. The van der Waals surface area contributed by atoms with Gasteiger partial charge in [-0.1, -0.05) is 42.8 Å². The predicted molar refractivity (Wildman–Crippen MR) is 103 cm³/mol. The standard InChI is InChI=1S/C21H22N4O2/c26-20(21(10-5-11-21)17-6-2-1-3-7-17)24-18-8-4-9-19(14-18)27-13-12-25-16-22-15-23-25/h1-4,6-9,14-16H,5,10-13H2,(H,24,26). The maximum absolute atomic E-state index is 13.0. The minimum atomic E-state index is -0.411. The van der Waals surface area contributed by atoms with E-state index < -0.39 is 5.41 Å². The van der Waals surface area contributed by atoms with Crippen molar-refractivity contribution in [3.63, 3.8) is 0 Å². The van der Waals surface area contributed by atoms with Crippen LogP contribution in [0.5, 0.6) is 5.75 Å². The molecule has 1 aliphatic rings. The second-order valence-electron chi connectivity index (χ2n) is 6.79. The van der Waals surface area contributed by atoms with E-state index >= 15 is 0 Å². The predicted octanol–water partition coefficient (Wildman–Crippen LogP) is 3.42. The molecular weight excluding hydrogens is 340 g/mol. The van der Waals surface area contributed by atoms with Crippen LogP contribution in [-0.4, -0.2) is 27.3 Å². The van der Waals surface area contributed by atoms with E-state index in [1.165, 1.54) is 6.33 Å². The summed E-state index contributed by atoms with van der Waals surface area (Å²) in [6, 6.07) is 17.6. The first-order chi connectivity index (χ1) is 13.3. The van der Waals surface area contributed by atoms with Crippen molar-refractivity contribution < 1.29 is 9.53 Å². The third-order valence-electron chi connectivity index (χ3n) is 5.12. The zero-order valence-electron chi connectivity index (χ0n) is 15.0. The van der Waals surface area contributed by atoms with Crippen LogP contribution in [0.3, 0.4) is 0 Å². The fraction of sp³-hybridized carbons (Fsp3) is 0.286. The van der Waals surface area contributed by atoms with E-state index in [2.05, 4.69) is 15.4 Å². The number of anilines is 1. The summed E-state index contributed by atoms with van der Waals surface area (Å²) in [7, 11) is 0. The van der Waals surface area contributed by atoms with Gasteiger partial charge in [0, 0.05) is 11.8 Å². The molecule has 6 heteroatoms. The lowest BCUT2D eigenvalue weighted by Crippen LogP contribution is -2.45. The Hall–Kier alpha value is -3.15. The van der Waals surface area contributed by atoms with Crippen molar-refractivity contribution in [2.24, 2.45) is 0 Å². The van der Waals surface area contributed by atoms with Gasteiger partial charge in [-0.05, 0) is 30.5 Å². The molecule has 27 heavy (non-hydrogen) atoms. The highest BCUT2D eigenvalue weighted by Crippen LogP contribution is 2.44. The molecule has 2 aromatic carbocycles. The number of hydrogen-bond acceptors (Lipinski definition) is 4. The fourth-order valence-electron chi connectivity index (χ4n) is 3.45. The molecule has 0 atom stereocenters. The molecule has 1 saturated carbocycles. The maximum atomic E-state index is 13.0. The Balaban J connectivity index is 1.41.